The van der Waals surface area contributed by atoms with E-state index in [9.17, 15) is 42.3 Å². The van der Waals surface area contributed by atoms with Crippen molar-refractivity contribution in [3.63, 3.8) is 0 Å². The Morgan fingerprint density at radius 3 is 2.13 bits per heavy atom. The number of carbonyl (C=O) groups is 5. The zero-order valence-electron chi connectivity index (χ0n) is 26.6. The normalized spacial score (nSPS) is 28.2. The predicted molar refractivity (Wildman–Crippen MR) is 179 cm³/mol. The summed E-state index contributed by atoms with van der Waals surface area (Å²) in [7, 11) is 1.20. The lowest BCUT2D eigenvalue weighted by atomic mass is 9.56. The Morgan fingerprint density at radius 1 is 0.923 bits per heavy atom. The number of aromatic hydroxyl groups is 1. The van der Waals surface area contributed by atoms with Crippen LogP contribution in [-0.2, 0) is 24.0 Å². The van der Waals surface area contributed by atoms with Crippen LogP contribution in [0.1, 0.15) is 50.0 Å². The van der Waals surface area contributed by atoms with E-state index < -0.39 is 110 Å². The van der Waals surface area contributed by atoms with Gasteiger partial charge in [-0.3, -0.25) is 28.9 Å². The van der Waals surface area contributed by atoms with E-state index in [0.29, 0.717) is 19.3 Å². The number of methoxy groups -OCH3 is 1. The van der Waals surface area contributed by atoms with E-state index in [1.54, 1.807) is 0 Å². The Bertz CT molecular complexity index is 1990. The number of phenolic OH excluding ortho intramolecular Hbond substituents is 1. The first kappa shape index (κ1) is 38.4. The number of allylic oxidation sites excluding steroid dienone is 2. The number of aliphatic carboxylic acids is 1. The standard InChI is InChI=1S/C33H25Br2Cl2F5N2O8/c1-52-15-9-13(19(34)20(35)27(15)47)18-11-6-7-12-17(29(49)43(28(12)48)8-4-2-3-5-16(45)46)14(11)10-32(36)30(50)44(31(51)33(18,32)37)26-24(41)22(39)21(38)23(40)25(26)42/h6,9,12,14,17-18,47H,2-5,7-8,10H2,1H3,(H,45,46)/t12-,14+,17-,18+,32+,33-/m0/s1. The van der Waals surface area contributed by atoms with E-state index in [4.69, 9.17) is 33.0 Å². The summed E-state index contributed by atoms with van der Waals surface area (Å²) < 4.78 is 78.8. The van der Waals surface area contributed by atoms with Crippen molar-refractivity contribution >= 4 is 90.3 Å². The maximum Gasteiger partial charge on any atom is 0.303 e. The molecule has 0 radical (unpaired) electrons. The van der Waals surface area contributed by atoms with Crippen LogP contribution in [-0.4, -0.2) is 68.1 Å². The summed E-state index contributed by atoms with van der Waals surface area (Å²) in [4.78, 5) is 62.6. The molecule has 3 fully saturated rings. The zero-order chi connectivity index (χ0) is 38.4. The van der Waals surface area contributed by atoms with Gasteiger partial charge in [-0.15, -0.1) is 23.2 Å². The predicted octanol–water partition coefficient (Wildman–Crippen LogP) is 6.83. The molecule has 278 valence electrons. The Labute approximate surface area is 318 Å². The van der Waals surface area contributed by atoms with Gasteiger partial charge in [-0.05, 0) is 75.1 Å². The van der Waals surface area contributed by atoms with Crippen LogP contribution in [0.4, 0.5) is 27.6 Å². The van der Waals surface area contributed by atoms with Gasteiger partial charge in [0.1, 0.15) is 5.69 Å². The average molecular weight is 903 g/mol. The van der Waals surface area contributed by atoms with E-state index >= 15 is 8.78 Å². The third-order valence-electron chi connectivity index (χ3n) is 10.3. The smallest absolute Gasteiger partial charge is 0.303 e. The summed E-state index contributed by atoms with van der Waals surface area (Å²) in [5.41, 5.74) is -1.69. The highest BCUT2D eigenvalue weighted by atomic mass is 79.9. The summed E-state index contributed by atoms with van der Waals surface area (Å²) in [6.45, 7) is -0.0413. The molecule has 2 N–H and O–H groups in total. The highest BCUT2D eigenvalue weighted by molar-refractivity contribution is 9.13. The Balaban J connectivity index is 1.53. The number of unbranched alkanes of at least 4 members (excludes halogenated alkanes) is 2. The third-order valence-corrected chi connectivity index (χ3v) is 13.9. The maximum atomic E-state index is 15.3. The van der Waals surface area contributed by atoms with Gasteiger partial charge in [0.2, 0.25) is 17.6 Å². The molecule has 6 rings (SSSR count). The van der Waals surface area contributed by atoms with Crippen LogP contribution in [0.25, 0.3) is 0 Å². The first-order valence-corrected chi connectivity index (χ1v) is 18.0. The number of rotatable bonds is 9. The molecule has 2 aliphatic carbocycles. The third kappa shape index (κ3) is 5.30. The van der Waals surface area contributed by atoms with Crippen LogP contribution in [0.2, 0.25) is 0 Å². The molecule has 6 atom stereocenters. The number of halogens is 9. The quantitative estimate of drug-likeness (QED) is 0.0531. The zero-order valence-corrected chi connectivity index (χ0v) is 31.2. The molecular weight excluding hydrogens is 878 g/mol. The number of likely N-dealkylation sites (tertiary alicyclic amines) is 1. The number of nitrogens with zero attached hydrogens (tertiary/aromatic N) is 2. The average Bonchev–Trinajstić information content (AvgIpc) is 3.43. The fourth-order valence-electron chi connectivity index (χ4n) is 7.90. The maximum absolute atomic E-state index is 15.3. The summed E-state index contributed by atoms with van der Waals surface area (Å²) >= 11 is 20.9. The van der Waals surface area contributed by atoms with Crippen LogP contribution in [0.15, 0.2) is 26.7 Å². The number of imide groups is 2. The molecule has 0 unspecified atom stereocenters. The van der Waals surface area contributed by atoms with Crippen molar-refractivity contribution in [3.05, 3.63) is 61.3 Å². The number of benzene rings is 2. The second kappa shape index (κ2) is 13.5. The number of phenols is 1. The topological polar surface area (TPSA) is 142 Å². The molecule has 4 aliphatic rings. The van der Waals surface area contributed by atoms with Crippen LogP contribution in [0, 0.1) is 46.8 Å². The van der Waals surface area contributed by atoms with E-state index in [1.807, 2.05) is 0 Å². The van der Waals surface area contributed by atoms with E-state index in [1.165, 1.54) is 19.3 Å². The molecule has 2 heterocycles. The van der Waals surface area contributed by atoms with Crippen molar-refractivity contribution in [2.24, 2.45) is 17.8 Å². The van der Waals surface area contributed by atoms with Crippen LogP contribution < -0.4 is 9.64 Å². The summed E-state index contributed by atoms with van der Waals surface area (Å²) in [5.74, 6) is -23.4. The molecule has 52 heavy (non-hydrogen) atoms. The van der Waals surface area contributed by atoms with Crippen molar-refractivity contribution in [1.82, 2.24) is 4.90 Å². The summed E-state index contributed by atoms with van der Waals surface area (Å²) in [5, 5.41) is 19.6. The molecule has 10 nitrogen and oxygen atoms in total. The number of amides is 4. The number of alkyl halides is 2. The van der Waals surface area contributed by atoms with E-state index in [-0.39, 0.29) is 50.1 Å². The van der Waals surface area contributed by atoms with Crippen molar-refractivity contribution < 1.29 is 60.9 Å². The molecule has 2 aliphatic heterocycles. The number of hydrogen-bond donors (Lipinski definition) is 2. The molecule has 2 aromatic rings. The first-order chi connectivity index (χ1) is 24.4. The molecule has 2 saturated heterocycles. The molecule has 1 saturated carbocycles. The van der Waals surface area contributed by atoms with Crippen molar-refractivity contribution in [2.75, 3.05) is 18.6 Å². The SMILES string of the molecule is COc1cc([C@H]2C3=CC[C@@H]4C(=O)N(CCCCCC(=O)O)C(=O)[C@@H]4[C@@H]3C[C@@]3(Cl)C(=O)N(c4c(F)c(F)c(F)c(F)c4F)C(=O)[C@@]23Cl)c(Br)c(Br)c1O. The highest BCUT2D eigenvalue weighted by Gasteiger charge is 2.77. The largest absolute Gasteiger partial charge is 0.503 e. The number of hydrogen-bond acceptors (Lipinski definition) is 7. The van der Waals surface area contributed by atoms with Gasteiger partial charge in [-0.1, -0.05) is 18.1 Å². The summed E-state index contributed by atoms with van der Waals surface area (Å²) in [6.07, 6.45) is 1.67. The first-order valence-electron chi connectivity index (χ1n) is 15.7. The van der Waals surface area contributed by atoms with Gasteiger partial charge in [0.05, 0.1) is 23.4 Å². The molecule has 0 spiro atoms. The lowest BCUT2D eigenvalue weighted by molar-refractivity contribution is -0.141. The molecule has 2 aromatic carbocycles. The molecule has 4 amide bonds. The van der Waals surface area contributed by atoms with Crippen LogP contribution >= 0.6 is 55.1 Å². The summed E-state index contributed by atoms with van der Waals surface area (Å²) in [6, 6.07) is 1.23. The molecule has 0 aromatic heterocycles. The Morgan fingerprint density at radius 2 is 1.54 bits per heavy atom. The van der Waals surface area contributed by atoms with E-state index in [0.717, 1.165) is 4.90 Å². The lowest BCUT2D eigenvalue weighted by Gasteiger charge is -2.51. The van der Waals surface area contributed by atoms with Gasteiger partial charge in [0.15, 0.2) is 44.5 Å². The number of fused-ring (bicyclic) bond motifs is 4. The highest BCUT2D eigenvalue weighted by Crippen LogP contribution is 2.67. The number of ether oxygens (including phenoxy) is 1. The monoisotopic (exact) mass is 900 g/mol. The van der Waals surface area contributed by atoms with Gasteiger partial charge < -0.3 is 14.9 Å². The minimum absolute atomic E-state index is 0.00317. The minimum atomic E-state index is -2.78. The molecule has 0 bridgehead atoms. The Kier molecular flexibility index (Phi) is 10.0. The second-order valence-corrected chi connectivity index (χ2v) is 15.7. The number of anilines is 1. The van der Waals surface area contributed by atoms with Crippen molar-refractivity contribution in [1.29, 1.82) is 0 Å². The lowest BCUT2D eigenvalue weighted by Crippen LogP contribution is -2.60. The van der Waals surface area contributed by atoms with Gasteiger partial charge >= 0.3 is 5.97 Å². The van der Waals surface area contributed by atoms with Gasteiger partial charge in [-0.2, -0.15) is 0 Å². The van der Waals surface area contributed by atoms with E-state index in [2.05, 4.69) is 31.9 Å². The van der Waals surface area contributed by atoms with Crippen molar-refractivity contribution in [3.8, 4) is 11.5 Å². The van der Waals surface area contributed by atoms with Crippen molar-refractivity contribution in [2.45, 2.75) is 54.2 Å². The van der Waals surface area contributed by atoms with Gasteiger partial charge in [-0.25, -0.2) is 26.9 Å². The van der Waals surface area contributed by atoms with Gasteiger partial charge in [0, 0.05) is 23.4 Å². The van der Waals surface area contributed by atoms with Crippen LogP contribution in [0.3, 0.4) is 0 Å². The number of carboxylic acid groups (broad SMARTS) is 1. The molecule has 19 heteroatoms. The second-order valence-electron chi connectivity index (χ2n) is 12.9. The minimum Gasteiger partial charge on any atom is -0.503 e. The Hall–Kier alpha value is -3.28. The fraction of sp³-hybridized carbons (Fsp3) is 0.424. The van der Waals surface area contributed by atoms with Gasteiger partial charge in [0.25, 0.3) is 11.8 Å². The number of carbonyl (C=O) groups excluding carboxylic acids is 4. The number of carboxylic acids is 1. The molecular formula is C33H25Br2Cl2F5N2O8. The fourth-order valence-corrected chi connectivity index (χ4v) is 9.78. The van der Waals surface area contributed by atoms with Crippen LogP contribution in [0.5, 0.6) is 11.5 Å².